The third-order valence-electron chi connectivity index (χ3n) is 2.97. The lowest BCUT2D eigenvalue weighted by Crippen LogP contribution is -2.05. The van der Waals surface area contributed by atoms with Gasteiger partial charge in [0.1, 0.15) is 28.9 Å². The van der Waals surface area contributed by atoms with Crippen molar-refractivity contribution in [3.8, 4) is 23.1 Å². The van der Waals surface area contributed by atoms with Crippen LogP contribution in [0, 0.1) is 11.3 Å². The van der Waals surface area contributed by atoms with Crippen LogP contribution < -0.4 is 4.74 Å². The summed E-state index contributed by atoms with van der Waals surface area (Å²) in [6.07, 6.45) is 1.34. The molecule has 0 bridgehead atoms. The normalized spacial score (nSPS) is 11.0. The minimum Gasteiger partial charge on any atom is -0.495 e. The smallest absolute Gasteiger partial charge is 0.349 e. The number of carbonyl (C=O) groups excluding carboxylic acids is 1. The first-order chi connectivity index (χ1) is 11.1. The lowest BCUT2D eigenvalue weighted by molar-refractivity contribution is -0.137. The molecule has 6 heteroatoms. The van der Waals surface area contributed by atoms with Gasteiger partial charge in [-0.1, -0.05) is 11.6 Å². The summed E-state index contributed by atoms with van der Waals surface area (Å²) in [5.74, 6) is 0.815. The number of benzene rings is 1. The maximum absolute atomic E-state index is 11.6. The van der Waals surface area contributed by atoms with Crippen LogP contribution in [0.25, 0.3) is 17.4 Å². The van der Waals surface area contributed by atoms with Crippen LogP contribution in [0.15, 0.2) is 40.3 Å². The van der Waals surface area contributed by atoms with Crippen molar-refractivity contribution in [1.29, 1.82) is 5.26 Å². The van der Waals surface area contributed by atoms with E-state index in [0.29, 0.717) is 22.3 Å². The third-order valence-corrected chi connectivity index (χ3v) is 3.26. The number of rotatable bonds is 5. The number of esters is 1. The second-order valence-electron chi connectivity index (χ2n) is 4.44. The topological polar surface area (TPSA) is 72.5 Å². The van der Waals surface area contributed by atoms with E-state index in [1.165, 1.54) is 13.2 Å². The van der Waals surface area contributed by atoms with Crippen molar-refractivity contribution < 1.29 is 18.7 Å². The first-order valence-corrected chi connectivity index (χ1v) is 7.19. The van der Waals surface area contributed by atoms with Gasteiger partial charge in [0.2, 0.25) is 0 Å². The Labute approximate surface area is 138 Å². The maximum atomic E-state index is 11.6. The Bertz CT molecular complexity index is 786. The van der Waals surface area contributed by atoms with Gasteiger partial charge < -0.3 is 13.9 Å². The number of ether oxygens (including phenoxy) is 2. The molecule has 2 rings (SSSR count). The fourth-order valence-corrected chi connectivity index (χ4v) is 2.15. The molecule has 0 aliphatic heterocycles. The Morgan fingerprint density at radius 1 is 1.39 bits per heavy atom. The minimum atomic E-state index is -0.680. The highest BCUT2D eigenvalue weighted by atomic mass is 35.5. The number of nitrogens with zero attached hydrogens (tertiary/aromatic N) is 1. The SMILES string of the molecule is CCOC(=O)/C(C#N)=C/c1ccc(-c2ccc(OC)c(Cl)c2)o1. The molecule has 1 aromatic carbocycles. The van der Waals surface area contributed by atoms with Gasteiger partial charge >= 0.3 is 5.97 Å². The van der Waals surface area contributed by atoms with E-state index in [1.807, 2.05) is 0 Å². The Balaban J connectivity index is 2.28. The van der Waals surface area contributed by atoms with Crippen molar-refractivity contribution in [2.45, 2.75) is 6.92 Å². The van der Waals surface area contributed by atoms with E-state index in [0.717, 1.165) is 5.56 Å². The zero-order valence-corrected chi connectivity index (χ0v) is 13.4. The highest BCUT2D eigenvalue weighted by molar-refractivity contribution is 6.32. The van der Waals surface area contributed by atoms with Gasteiger partial charge in [-0.2, -0.15) is 5.26 Å². The summed E-state index contributed by atoms with van der Waals surface area (Å²) < 4.78 is 15.5. The molecule has 0 unspecified atom stereocenters. The highest BCUT2D eigenvalue weighted by Gasteiger charge is 2.12. The largest absolute Gasteiger partial charge is 0.495 e. The molecule has 0 spiro atoms. The highest BCUT2D eigenvalue weighted by Crippen LogP contribution is 2.31. The average molecular weight is 332 g/mol. The molecule has 0 saturated heterocycles. The van der Waals surface area contributed by atoms with Crippen molar-refractivity contribution >= 4 is 23.6 Å². The van der Waals surface area contributed by atoms with E-state index in [1.54, 1.807) is 43.3 Å². The molecule has 2 aromatic rings. The van der Waals surface area contributed by atoms with Crippen LogP contribution in [-0.2, 0) is 9.53 Å². The summed E-state index contributed by atoms with van der Waals surface area (Å²) in [5, 5.41) is 9.47. The molecule has 0 aliphatic carbocycles. The van der Waals surface area contributed by atoms with Crippen LogP contribution in [0.1, 0.15) is 12.7 Å². The number of halogens is 1. The molecule has 0 N–H and O–H groups in total. The molecular formula is C17H14ClNO4. The fraction of sp³-hybridized carbons (Fsp3) is 0.176. The van der Waals surface area contributed by atoms with Crippen LogP contribution in [-0.4, -0.2) is 19.7 Å². The monoisotopic (exact) mass is 331 g/mol. The molecule has 23 heavy (non-hydrogen) atoms. The lowest BCUT2D eigenvalue weighted by atomic mass is 10.1. The van der Waals surface area contributed by atoms with Crippen molar-refractivity contribution in [3.05, 3.63) is 46.7 Å². The van der Waals surface area contributed by atoms with E-state index >= 15 is 0 Å². The molecule has 1 aromatic heterocycles. The van der Waals surface area contributed by atoms with Crippen LogP contribution in [0.4, 0.5) is 0 Å². The zero-order valence-electron chi connectivity index (χ0n) is 12.6. The van der Waals surface area contributed by atoms with Crippen LogP contribution in [0.2, 0.25) is 5.02 Å². The van der Waals surface area contributed by atoms with E-state index in [2.05, 4.69) is 0 Å². The number of nitriles is 1. The molecule has 118 valence electrons. The molecular weight excluding hydrogens is 318 g/mol. The predicted molar refractivity (Wildman–Crippen MR) is 85.9 cm³/mol. The third kappa shape index (κ3) is 3.93. The summed E-state index contributed by atoms with van der Waals surface area (Å²) in [4.78, 5) is 11.6. The number of furan rings is 1. The van der Waals surface area contributed by atoms with Crippen LogP contribution in [0.5, 0.6) is 5.75 Å². The van der Waals surface area contributed by atoms with Crippen molar-refractivity contribution in [1.82, 2.24) is 0 Å². The summed E-state index contributed by atoms with van der Waals surface area (Å²) in [6, 6.07) is 10.4. The van der Waals surface area contributed by atoms with E-state index < -0.39 is 5.97 Å². The van der Waals surface area contributed by atoms with Crippen LogP contribution >= 0.6 is 11.6 Å². The minimum absolute atomic E-state index is 0.125. The summed E-state index contributed by atoms with van der Waals surface area (Å²) in [5.41, 5.74) is 0.630. The quantitative estimate of drug-likeness (QED) is 0.469. The second kappa shape index (κ2) is 7.52. The molecule has 0 radical (unpaired) electrons. The molecule has 5 nitrogen and oxygen atoms in total. The number of hydrogen-bond donors (Lipinski definition) is 0. The molecule has 0 saturated carbocycles. The fourth-order valence-electron chi connectivity index (χ4n) is 1.89. The Morgan fingerprint density at radius 3 is 2.78 bits per heavy atom. The first-order valence-electron chi connectivity index (χ1n) is 6.81. The van der Waals surface area contributed by atoms with E-state index in [4.69, 9.17) is 30.8 Å². The Hall–Kier alpha value is -2.71. The predicted octanol–water partition coefficient (Wildman–Crippen LogP) is 4.08. The molecule has 1 heterocycles. The van der Waals surface area contributed by atoms with Crippen molar-refractivity contribution in [3.63, 3.8) is 0 Å². The van der Waals surface area contributed by atoms with Gasteiger partial charge in [0.15, 0.2) is 0 Å². The van der Waals surface area contributed by atoms with Crippen molar-refractivity contribution in [2.75, 3.05) is 13.7 Å². The number of hydrogen-bond acceptors (Lipinski definition) is 5. The second-order valence-corrected chi connectivity index (χ2v) is 4.85. The van der Waals surface area contributed by atoms with E-state index in [9.17, 15) is 4.79 Å². The van der Waals surface area contributed by atoms with Crippen LogP contribution in [0.3, 0.4) is 0 Å². The van der Waals surface area contributed by atoms with Crippen molar-refractivity contribution in [2.24, 2.45) is 0 Å². The van der Waals surface area contributed by atoms with Gasteiger partial charge in [-0.05, 0) is 37.3 Å². The molecule has 0 atom stereocenters. The summed E-state index contributed by atoms with van der Waals surface area (Å²) in [7, 11) is 1.54. The average Bonchev–Trinajstić information content (AvgIpc) is 3.01. The van der Waals surface area contributed by atoms with Gasteiger partial charge in [0, 0.05) is 11.6 Å². The number of methoxy groups -OCH3 is 1. The first kappa shape index (κ1) is 16.7. The zero-order chi connectivity index (χ0) is 16.8. The Morgan fingerprint density at radius 2 is 2.17 bits per heavy atom. The van der Waals surface area contributed by atoms with E-state index in [-0.39, 0.29) is 12.2 Å². The lowest BCUT2D eigenvalue weighted by Gasteiger charge is -2.04. The molecule has 0 amide bonds. The van der Waals surface area contributed by atoms with Gasteiger partial charge in [-0.25, -0.2) is 4.79 Å². The molecule has 0 fully saturated rings. The van der Waals surface area contributed by atoms with Gasteiger partial charge in [-0.15, -0.1) is 0 Å². The summed E-state index contributed by atoms with van der Waals surface area (Å²) in [6.45, 7) is 1.87. The molecule has 0 aliphatic rings. The number of carbonyl (C=O) groups is 1. The van der Waals surface area contributed by atoms with Gasteiger partial charge in [0.25, 0.3) is 0 Å². The standard InChI is InChI=1S/C17H14ClNO4/c1-3-22-17(20)12(10-19)8-13-5-7-15(23-13)11-4-6-16(21-2)14(18)9-11/h4-9H,3H2,1-2H3/b12-8+. The maximum Gasteiger partial charge on any atom is 0.349 e. The van der Waals surface area contributed by atoms with Gasteiger partial charge in [-0.3, -0.25) is 0 Å². The van der Waals surface area contributed by atoms with Gasteiger partial charge in [0.05, 0.1) is 18.7 Å². The Kier molecular flexibility index (Phi) is 5.45. The summed E-state index contributed by atoms with van der Waals surface area (Å²) >= 11 is 6.09.